The highest BCUT2D eigenvalue weighted by atomic mass is 16.4. The fraction of sp³-hybridized carbons (Fsp3) is 0.607. The molecule has 1 unspecified atom stereocenters. The zero-order chi connectivity index (χ0) is 24.2. The van der Waals surface area contributed by atoms with Crippen LogP contribution in [-0.4, -0.2) is 45.4 Å². The number of aromatic nitrogens is 2. The Kier molecular flexibility index (Phi) is 5.71. The van der Waals surface area contributed by atoms with Crippen molar-refractivity contribution < 1.29 is 14.7 Å². The highest BCUT2D eigenvalue weighted by Crippen LogP contribution is 2.61. The lowest BCUT2D eigenvalue weighted by Crippen LogP contribution is -2.46. The van der Waals surface area contributed by atoms with Crippen LogP contribution in [-0.2, 0) is 6.42 Å². The van der Waals surface area contributed by atoms with Crippen LogP contribution in [0, 0.1) is 23.2 Å². The number of carbonyl (C=O) groups excluding carboxylic acids is 1. The molecule has 2 aromatic rings. The van der Waals surface area contributed by atoms with Crippen molar-refractivity contribution in [3.8, 4) is 0 Å². The summed E-state index contributed by atoms with van der Waals surface area (Å²) >= 11 is 0. The first-order chi connectivity index (χ1) is 16.9. The Bertz CT molecular complexity index is 1100. The standard InChI is InChI=1S/C28H36N4O3/c1-32-9-3-6-23(32)25-30-22(7-8-28-14-17-10-18(15-28)12-19(11-17)16-28)24(31-25)26(33)29-21-5-2-4-20(13-21)27(34)35/h2,4-5,13,17-19,23H,3,6-12,14-16H2,1H3,(H,29,33)(H,30,31)(H,34,35). The van der Waals surface area contributed by atoms with Crippen molar-refractivity contribution in [2.24, 2.45) is 23.2 Å². The van der Waals surface area contributed by atoms with Gasteiger partial charge in [-0.3, -0.25) is 9.69 Å². The van der Waals surface area contributed by atoms with Gasteiger partial charge in [0.25, 0.3) is 5.91 Å². The number of H-pyrrole nitrogens is 1. The number of amides is 1. The van der Waals surface area contributed by atoms with Crippen LogP contribution in [0.2, 0.25) is 0 Å². The average molecular weight is 477 g/mol. The third-order valence-electron chi connectivity index (χ3n) is 9.29. The van der Waals surface area contributed by atoms with Gasteiger partial charge in [0.1, 0.15) is 11.5 Å². The maximum atomic E-state index is 13.4. The molecule has 1 aromatic carbocycles. The van der Waals surface area contributed by atoms with Crippen molar-refractivity contribution >= 4 is 17.6 Å². The van der Waals surface area contributed by atoms with Crippen LogP contribution in [0.1, 0.15) is 96.2 Å². The Balaban J connectivity index is 1.25. The largest absolute Gasteiger partial charge is 0.478 e. The molecule has 7 heteroatoms. The molecule has 1 amide bonds. The van der Waals surface area contributed by atoms with E-state index in [0.29, 0.717) is 16.8 Å². The summed E-state index contributed by atoms with van der Waals surface area (Å²) in [6.07, 6.45) is 12.5. The number of hydrogen-bond donors (Lipinski definition) is 3. The van der Waals surface area contributed by atoms with Gasteiger partial charge in [-0.15, -0.1) is 0 Å². The average Bonchev–Trinajstić information content (AvgIpc) is 3.43. The molecule has 7 rings (SSSR count). The molecule has 1 saturated heterocycles. The fourth-order valence-corrected chi connectivity index (χ4v) is 8.12. The highest BCUT2D eigenvalue weighted by Gasteiger charge is 2.50. The number of rotatable bonds is 7. The van der Waals surface area contributed by atoms with E-state index in [1.165, 1.54) is 50.7 Å². The predicted octanol–water partition coefficient (Wildman–Crippen LogP) is 5.28. The molecule has 4 saturated carbocycles. The van der Waals surface area contributed by atoms with Crippen LogP contribution < -0.4 is 5.32 Å². The molecular weight excluding hydrogens is 440 g/mol. The minimum Gasteiger partial charge on any atom is -0.478 e. The van der Waals surface area contributed by atoms with Gasteiger partial charge >= 0.3 is 5.97 Å². The van der Waals surface area contributed by atoms with E-state index < -0.39 is 5.97 Å². The van der Waals surface area contributed by atoms with E-state index in [1.54, 1.807) is 12.1 Å². The second-order valence-electron chi connectivity index (χ2n) is 11.8. The number of hydrogen-bond acceptors (Lipinski definition) is 4. The van der Waals surface area contributed by atoms with Gasteiger partial charge in [0.05, 0.1) is 11.6 Å². The second kappa shape index (κ2) is 8.77. The topological polar surface area (TPSA) is 98.3 Å². The zero-order valence-corrected chi connectivity index (χ0v) is 20.6. The van der Waals surface area contributed by atoms with Gasteiger partial charge < -0.3 is 15.4 Å². The molecule has 2 heterocycles. The van der Waals surface area contributed by atoms with Crippen molar-refractivity contribution in [3.63, 3.8) is 0 Å². The fourth-order valence-electron chi connectivity index (χ4n) is 8.12. The van der Waals surface area contributed by atoms with E-state index in [9.17, 15) is 14.7 Å². The molecule has 186 valence electrons. The maximum Gasteiger partial charge on any atom is 0.335 e. The summed E-state index contributed by atoms with van der Waals surface area (Å²) in [6.45, 7) is 1.04. The molecule has 0 radical (unpaired) electrons. The summed E-state index contributed by atoms with van der Waals surface area (Å²) in [5.41, 5.74) is 2.46. The number of aromatic amines is 1. The Morgan fingerprint density at radius 2 is 1.89 bits per heavy atom. The van der Waals surface area contributed by atoms with E-state index in [1.807, 2.05) is 0 Å². The molecule has 1 atom stereocenters. The number of imidazole rings is 1. The van der Waals surface area contributed by atoms with Crippen molar-refractivity contribution in [1.29, 1.82) is 0 Å². The van der Waals surface area contributed by atoms with Crippen molar-refractivity contribution in [2.75, 3.05) is 18.9 Å². The van der Waals surface area contributed by atoms with E-state index in [0.717, 1.165) is 61.5 Å². The molecule has 4 bridgehead atoms. The summed E-state index contributed by atoms with van der Waals surface area (Å²) in [4.78, 5) is 35.5. The van der Waals surface area contributed by atoms with Crippen LogP contribution in [0.3, 0.4) is 0 Å². The van der Waals surface area contributed by atoms with Gasteiger partial charge in [-0.1, -0.05) is 6.07 Å². The highest BCUT2D eigenvalue weighted by molar-refractivity contribution is 6.04. The molecule has 35 heavy (non-hydrogen) atoms. The van der Waals surface area contributed by atoms with E-state index in [2.05, 4.69) is 22.2 Å². The Labute approximate surface area is 206 Å². The Hall–Kier alpha value is -2.67. The number of nitrogens with zero attached hydrogens (tertiary/aromatic N) is 2. The van der Waals surface area contributed by atoms with Crippen LogP contribution in [0.4, 0.5) is 5.69 Å². The molecule has 7 nitrogen and oxygen atoms in total. The summed E-state index contributed by atoms with van der Waals surface area (Å²) in [5.74, 6) is 2.34. The van der Waals surface area contributed by atoms with Gasteiger partial charge in [0.2, 0.25) is 0 Å². The van der Waals surface area contributed by atoms with Crippen LogP contribution in [0.15, 0.2) is 24.3 Å². The predicted molar refractivity (Wildman–Crippen MR) is 133 cm³/mol. The first-order valence-electron chi connectivity index (χ1n) is 13.3. The second-order valence-corrected chi connectivity index (χ2v) is 11.8. The van der Waals surface area contributed by atoms with Crippen LogP contribution >= 0.6 is 0 Å². The lowest BCUT2D eigenvalue weighted by Gasteiger charge is -2.57. The van der Waals surface area contributed by atoms with Gasteiger partial charge in [0.15, 0.2) is 0 Å². The number of carboxylic acids is 1. The van der Waals surface area contributed by atoms with E-state index in [4.69, 9.17) is 4.98 Å². The number of carbonyl (C=O) groups is 2. The quantitative estimate of drug-likeness (QED) is 0.505. The van der Waals surface area contributed by atoms with Gasteiger partial charge in [0, 0.05) is 11.4 Å². The number of benzene rings is 1. The zero-order valence-electron chi connectivity index (χ0n) is 20.6. The van der Waals surface area contributed by atoms with Gasteiger partial charge in [-0.25, -0.2) is 9.78 Å². The lowest BCUT2D eigenvalue weighted by molar-refractivity contribution is -0.0570. The van der Waals surface area contributed by atoms with Gasteiger partial charge in [-0.05, 0) is 119 Å². The molecule has 0 spiro atoms. The van der Waals surface area contributed by atoms with Crippen LogP contribution in [0.25, 0.3) is 0 Å². The number of nitrogens with one attached hydrogen (secondary N) is 2. The normalized spacial score (nSPS) is 31.7. The Morgan fingerprint density at radius 1 is 1.17 bits per heavy atom. The van der Waals surface area contributed by atoms with Crippen molar-refractivity contribution in [3.05, 3.63) is 47.0 Å². The number of aryl methyl sites for hydroxylation is 1. The maximum absolute atomic E-state index is 13.4. The van der Waals surface area contributed by atoms with E-state index in [-0.39, 0.29) is 17.5 Å². The first-order valence-corrected chi connectivity index (χ1v) is 13.3. The van der Waals surface area contributed by atoms with E-state index >= 15 is 0 Å². The third-order valence-corrected chi connectivity index (χ3v) is 9.29. The molecule has 5 fully saturated rings. The summed E-state index contributed by atoms with van der Waals surface area (Å²) in [5, 5.41) is 12.2. The summed E-state index contributed by atoms with van der Waals surface area (Å²) in [6, 6.07) is 6.60. The number of anilines is 1. The Morgan fingerprint density at radius 3 is 2.51 bits per heavy atom. The minimum absolute atomic E-state index is 0.153. The SMILES string of the molecule is CN1CCCC1c1nc(C(=O)Nc2cccc(C(=O)O)c2)c(CCC23CC4CC(CC(C4)C2)C3)[nH]1. The molecule has 1 aliphatic heterocycles. The van der Waals surface area contributed by atoms with Crippen molar-refractivity contribution in [2.45, 2.75) is 70.3 Å². The van der Waals surface area contributed by atoms with Gasteiger partial charge in [-0.2, -0.15) is 0 Å². The molecule has 1 aromatic heterocycles. The summed E-state index contributed by atoms with van der Waals surface area (Å²) in [7, 11) is 2.12. The minimum atomic E-state index is -1.01. The molecule has 5 aliphatic rings. The molecule has 4 aliphatic carbocycles. The number of carboxylic acid groups (broad SMARTS) is 1. The van der Waals surface area contributed by atoms with Crippen molar-refractivity contribution in [1.82, 2.24) is 14.9 Å². The van der Waals surface area contributed by atoms with Crippen LogP contribution in [0.5, 0.6) is 0 Å². The number of likely N-dealkylation sites (tertiary alicyclic amines) is 1. The monoisotopic (exact) mass is 476 g/mol. The molecule has 3 N–H and O–H groups in total. The third kappa shape index (κ3) is 4.39. The number of aromatic carboxylic acids is 1. The first kappa shape index (κ1) is 22.8. The smallest absolute Gasteiger partial charge is 0.335 e. The lowest BCUT2D eigenvalue weighted by atomic mass is 9.48. The summed E-state index contributed by atoms with van der Waals surface area (Å²) < 4.78 is 0. The molecular formula is C28H36N4O3.